The maximum atomic E-state index is 12.6. The molecular formula is C16H23ClO3. The van der Waals surface area contributed by atoms with E-state index in [1.807, 2.05) is 6.92 Å². The van der Waals surface area contributed by atoms with Crippen LogP contribution in [0.3, 0.4) is 0 Å². The molecule has 0 fully saturated rings. The molecule has 1 unspecified atom stereocenters. The van der Waals surface area contributed by atoms with E-state index in [1.54, 1.807) is 12.1 Å². The summed E-state index contributed by atoms with van der Waals surface area (Å²) in [6.45, 7) is 4.16. The van der Waals surface area contributed by atoms with Crippen molar-refractivity contribution in [2.45, 2.75) is 39.5 Å². The molecule has 112 valence electrons. The molecule has 1 aromatic carbocycles. The molecule has 20 heavy (non-hydrogen) atoms. The monoisotopic (exact) mass is 298 g/mol. The minimum absolute atomic E-state index is 0.0216. The van der Waals surface area contributed by atoms with Gasteiger partial charge in [-0.25, -0.2) is 0 Å². The summed E-state index contributed by atoms with van der Waals surface area (Å²) in [5.41, 5.74) is 0.543. The molecule has 0 saturated heterocycles. The highest BCUT2D eigenvalue weighted by Crippen LogP contribution is 2.38. The third-order valence-corrected chi connectivity index (χ3v) is 3.88. The minimum Gasteiger partial charge on any atom is -0.495 e. The lowest BCUT2D eigenvalue weighted by Gasteiger charge is -2.17. The molecule has 0 heterocycles. The van der Waals surface area contributed by atoms with Crippen LogP contribution >= 0.6 is 11.6 Å². The zero-order chi connectivity index (χ0) is 15.1. The van der Waals surface area contributed by atoms with Crippen LogP contribution < -0.4 is 9.47 Å². The van der Waals surface area contributed by atoms with Crippen LogP contribution in [0.4, 0.5) is 0 Å². The second-order valence-corrected chi connectivity index (χ2v) is 5.15. The number of benzene rings is 1. The Bertz CT molecular complexity index is 457. The first-order chi connectivity index (χ1) is 9.60. The second-order valence-electron chi connectivity index (χ2n) is 4.77. The maximum Gasteiger partial charge on any atom is 0.169 e. The highest BCUT2D eigenvalue weighted by Gasteiger charge is 2.24. The van der Waals surface area contributed by atoms with Gasteiger partial charge in [0, 0.05) is 5.92 Å². The van der Waals surface area contributed by atoms with Crippen molar-refractivity contribution in [3.05, 3.63) is 22.7 Å². The van der Waals surface area contributed by atoms with E-state index in [0.29, 0.717) is 22.1 Å². The lowest BCUT2D eigenvalue weighted by atomic mass is 9.90. The molecule has 0 radical (unpaired) electrons. The molecular weight excluding hydrogens is 276 g/mol. The Labute approximate surface area is 126 Å². The summed E-state index contributed by atoms with van der Waals surface area (Å²) in [6.07, 6.45) is 3.87. The molecule has 0 bridgehead atoms. The Hall–Kier alpha value is -1.22. The van der Waals surface area contributed by atoms with E-state index in [1.165, 1.54) is 14.2 Å². The van der Waals surface area contributed by atoms with Crippen molar-refractivity contribution < 1.29 is 14.3 Å². The van der Waals surface area contributed by atoms with Gasteiger partial charge in [-0.1, -0.05) is 38.3 Å². The smallest absolute Gasteiger partial charge is 0.169 e. The third-order valence-electron chi connectivity index (χ3n) is 3.52. The molecule has 0 aromatic heterocycles. The first kappa shape index (κ1) is 16.8. The van der Waals surface area contributed by atoms with Gasteiger partial charge in [0.25, 0.3) is 0 Å². The van der Waals surface area contributed by atoms with Gasteiger partial charge in [0.15, 0.2) is 11.5 Å². The molecule has 0 N–H and O–H groups in total. The van der Waals surface area contributed by atoms with E-state index < -0.39 is 0 Å². The number of ketones is 1. The number of halogens is 1. The fourth-order valence-electron chi connectivity index (χ4n) is 2.28. The van der Waals surface area contributed by atoms with Gasteiger partial charge in [0.2, 0.25) is 0 Å². The Morgan fingerprint density at radius 2 is 1.95 bits per heavy atom. The lowest BCUT2D eigenvalue weighted by Crippen LogP contribution is -2.15. The van der Waals surface area contributed by atoms with Crippen LogP contribution in [0.15, 0.2) is 12.1 Å². The molecule has 1 atom stereocenters. The number of hydrogen-bond donors (Lipinski definition) is 0. The zero-order valence-corrected chi connectivity index (χ0v) is 13.4. The predicted molar refractivity (Wildman–Crippen MR) is 82.2 cm³/mol. The quantitative estimate of drug-likeness (QED) is 0.649. The van der Waals surface area contributed by atoms with Gasteiger partial charge < -0.3 is 9.47 Å². The minimum atomic E-state index is 0.0216. The molecule has 1 rings (SSSR count). The SMILES string of the molecule is CCCCC(CC)C(=O)c1ccc(OC)c(Cl)c1OC. The maximum absolute atomic E-state index is 12.6. The summed E-state index contributed by atoms with van der Waals surface area (Å²) >= 11 is 6.21. The van der Waals surface area contributed by atoms with Crippen LogP contribution in [-0.4, -0.2) is 20.0 Å². The van der Waals surface area contributed by atoms with Crippen molar-refractivity contribution in [3.63, 3.8) is 0 Å². The fourth-order valence-corrected chi connectivity index (χ4v) is 2.60. The van der Waals surface area contributed by atoms with Crippen molar-refractivity contribution >= 4 is 17.4 Å². The van der Waals surface area contributed by atoms with Crippen molar-refractivity contribution in [2.24, 2.45) is 5.92 Å². The fraction of sp³-hybridized carbons (Fsp3) is 0.562. The average Bonchev–Trinajstić information content (AvgIpc) is 2.47. The van der Waals surface area contributed by atoms with Crippen molar-refractivity contribution in [2.75, 3.05) is 14.2 Å². The number of methoxy groups -OCH3 is 2. The van der Waals surface area contributed by atoms with Crippen LogP contribution in [0, 0.1) is 5.92 Å². The average molecular weight is 299 g/mol. The molecule has 0 aliphatic heterocycles. The molecule has 0 saturated carbocycles. The van der Waals surface area contributed by atoms with Crippen molar-refractivity contribution in [1.82, 2.24) is 0 Å². The second kappa shape index (κ2) is 8.15. The number of unbranched alkanes of at least 4 members (excludes halogenated alkanes) is 1. The van der Waals surface area contributed by atoms with Gasteiger partial charge >= 0.3 is 0 Å². The van der Waals surface area contributed by atoms with Crippen LogP contribution in [0.25, 0.3) is 0 Å². The van der Waals surface area contributed by atoms with Crippen LogP contribution in [0.5, 0.6) is 11.5 Å². The van der Waals surface area contributed by atoms with Crippen molar-refractivity contribution in [3.8, 4) is 11.5 Å². The summed E-state index contributed by atoms with van der Waals surface area (Å²) in [4.78, 5) is 12.6. The van der Waals surface area contributed by atoms with Crippen LogP contribution in [0.2, 0.25) is 5.02 Å². The Balaban J connectivity index is 3.11. The number of carbonyl (C=O) groups is 1. The molecule has 1 aromatic rings. The topological polar surface area (TPSA) is 35.5 Å². The van der Waals surface area contributed by atoms with E-state index >= 15 is 0 Å². The summed E-state index contributed by atoms with van der Waals surface area (Å²) in [5.74, 6) is 1.04. The van der Waals surface area contributed by atoms with E-state index in [2.05, 4.69) is 6.92 Å². The standard InChI is InChI=1S/C16H23ClO3/c1-5-7-8-11(6-2)15(18)12-9-10-13(19-3)14(17)16(12)20-4/h9-11H,5-8H2,1-4H3. The molecule has 0 aliphatic rings. The Morgan fingerprint density at radius 1 is 1.25 bits per heavy atom. The summed E-state index contributed by atoms with van der Waals surface area (Å²) in [7, 11) is 3.06. The molecule has 4 heteroatoms. The largest absolute Gasteiger partial charge is 0.495 e. The highest BCUT2D eigenvalue weighted by molar-refractivity contribution is 6.34. The molecule has 0 amide bonds. The van der Waals surface area contributed by atoms with E-state index in [9.17, 15) is 4.79 Å². The summed E-state index contributed by atoms with van der Waals surface area (Å²) in [5, 5.41) is 0.353. The molecule has 3 nitrogen and oxygen atoms in total. The van der Waals surface area contributed by atoms with Crippen LogP contribution in [-0.2, 0) is 0 Å². The van der Waals surface area contributed by atoms with Crippen molar-refractivity contribution in [1.29, 1.82) is 0 Å². The third kappa shape index (κ3) is 3.66. The Kier molecular flexibility index (Phi) is 6.86. The van der Waals surface area contributed by atoms with E-state index in [4.69, 9.17) is 21.1 Å². The van der Waals surface area contributed by atoms with Gasteiger partial charge in [-0.2, -0.15) is 0 Å². The highest BCUT2D eigenvalue weighted by atomic mass is 35.5. The zero-order valence-electron chi connectivity index (χ0n) is 12.7. The van der Waals surface area contributed by atoms with E-state index in [-0.39, 0.29) is 11.7 Å². The van der Waals surface area contributed by atoms with Gasteiger partial charge in [0.05, 0.1) is 19.8 Å². The number of Topliss-reactive ketones (excluding diaryl/α,β-unsaturated/α-hetero) is 1. The molecule has 0 aliphatic carbocycles. The van der Waals surface area contributed by atoms with E-state index in [0.717, 1.165) is 25.7 Å². The normalized spacial score (nSPS) is 12.1. The summed E-state index contributed by atoms with van der Waals surface area (Å²) in [6, 6.07) is 3.45. The lowest BCUT2D eigenvalue weighted by molar-refractivity contribution is 0.0905. The molecule has 0 spiro atoms. The van der Waals surface area contributed by atoms with Gasteiger partial charge in [-0.3, -0.25) is 4.79 Å². The number of rotatable bonds is 8. The Morgan fingerprint density at radius 3 is 2.45 bits per heavy atom. The first-order valence-corrected chi connectivity index (χ1v) is 7.43. The van der Waals surface area contributed by atoms with Crippen LogP contribution in [0.1, 0.15) is 49.9 Å². The number of hydrogen-bond acceptors (Lipinski definition) is 3. The summed E-state index contributed by atoms with van der Waals surface area (Å²) < 4.78 is 10.5. The number of carbonyl (C=O) groups excluding carboxylic acids is 1. The predicted octanol–water partition coefficient (Wildman–Crippen LogP) is 4.76. The van der Waals surface area contributed by atoms with Gasteiger partial charge in [-0.15, -0.1) is 0 Å². The first-order valence-electron chi connectivity index (χ1n) is 7.05. The van der Waals surface area contributed by atoms with Gasteiger partial charge in [0.1, 0.15) is 10.8 Å². The number of ether oxygens (including phenoxy) is 2. The van der Waals surface area contributed by atoms with Gasteiger partial charge in [-0.05, 0) is 25.0 Å².